The van der Waals surface area contributed by atoms with Crippen LogP contribution in [0.25, 0.3) is 0 Å². The minimum absolute atomic E-state index is 0.0584. The molecular formula is C16H23N3O2. The summed E-state index contributed by atoms with van der Waals surface area (Å²) in [5, 5.41) is 2.87. The summed E-state index contributed by atoms with van der Waals surface area (Å²) in [4.78, 5) is 26.2. The zero-order valence-corrected chi connectivity index (χ0v) is 12.5. The molecule has 0 atom stereocenters. The van der Waals surface area contributed by atoms with E-state index in [1.54, 1.807) is 0 Å². The molecule has 21 heavy (non-hydrogen) atoms. The molecule has 0 bridgehead atoms. The fourth-order valence-electron chi connectivity index (χ4n) is 2.57. The molecule has 1 aliphatic rings. The molecule has 2 rings (SSSR count). The van der Waals surface area contributed by atoms with E-state index in [1.807, 2.05) is 30.0 Å². The van der Waals surface area contributed by atoms with E-state index in [4.69, 9.17) is 5.73 Å². The van der Waals surface area contributed by atoms with Crippen LogP contribution in [0.1, 0.15) is 41.6 Å². The van der Waals surface area contributed by atoms with Crippen molar-refractivity contribution < 1.29 is 9.59 Å². The van der Waals surface area contributed by atoms with Gasteiger partial charge in [0.25, 0.3) is 5.91 Å². The third-order valence-corrected chi connectivity index (χ3v) is 3.84. The highest BCUT2D eigenvalue weighted by Crippen LogP contribution is 2.22. The summed E-state index contributed by atoms with van der Waals surface area (Å²) in [6.07, 6.45) is 3.21. The highest BCUT2D eigenvalue weighted by atomic mass is 16.2. The second-order valence-corrected chi connectivity index (χ2v) is 5.42. The van der Waals surface area contributed by atoms with Gasteiger partial charge in [-0.15, -0.1) is 0 Å². The van der Waals surface area contributed by atoms with Crippen LogP contribution in [-0.2, 0) is 4.79 Å². The number of nitrogens with zero attached hydrogens (tertiary/aromatic N) is 1. The van der Waals surface area contributed by atoms with Gasteiger partial charge in [-0.05, 0) is 50.4 Å². The summed E-state index contributed by atoms with van der Waals surface area (Å²) >= 11 is 0. The maximum atomic E-state index is 12.5. The lowest BCUT2D eigenvalue weighted by Gasteiger charge is -2.18. The van der Waals surface area contributed by atoms with Crippen molar-refractivity contribution in [2.24, 2.45) is 5.73 Å². The van der Waals surface area contributed by atoms with E-state index in [-0.39, 0.29) is 11.8 Å². The fraction of sp³-hybridized carbons (Fsp3) is 0.500. The molecule has 1 aliphatic heterocycles. The Morgan fingerprint density at radius 2 is 2.00 bits per heavy atom. The smallest absolute Gasteiger partial charge is 0.254 e. The van der Waals surface area contributed by atoms with Crippen molar-refractivity contribution in [3.05, 3.63) is 29.3 Å². The molecule has 1 heterocycles. The first-order valence-corrected chi connectivity index (χ1v) is 7.52. The molecule has 1 saturated heterocycles. The Kier molecular flexibility index (Phi) is 5.33. The van der Waals surface area contributed by atoms with E-state index in [2.05, 4.69) is 5.32 Å². The molecule has 2 amide bonds. The molecule has 3 N–H and O–H groups in total. The van der Waals surface area contributed by atoms with Gasteiger partial charge in [-0.25, -0.2) is 0 Å². The Labute approximate surface area is 125 Å². The zero-order chi connectivity index (χ0) is 15.2. The van der Waals surface area contributed by atoms with Gasteiger partial charge in [-0.1, -0.05) is 6.07 Å². The lowest BCUT2D eigenvalue weighted by molar-refractivity contribution is -0.116. The molecule has 0 aromatic heterocycles. The lowest BCUT2D eigenvalue weighted by Crippen LogP contribution is -2.28. The van der Waals surface area contributed by atoms with Crippen LogP contribution < -0.4 is 11.1 Å². The Bertz CT molecular complexity index is 522. The van der Waals surface area contributed by atoms with Crippen molar-refractivity contribution >= 4 is 17.5 Å². The van der Waals surface area contributed by atoms with Gasteiger partial charge in [-0.2, -0.15) is 0 Å². The van der Waals surface area contributed by atoms with Crippen LogP contribution in [0.5, 0.6) is 0 Å². The topological polar surface area (TPSA) is 75.4 Å². The van der Waals surface area contributed by atoms with Crippen LogP contribution in [0, 0.1) is 6.92 Å². The van der Waals surface area contributed by atoms with Crippen LogP contribution in [0.2, 0.25) is 0 Å². The van der Waals surface area contributed by atoms with Crippen molar-refractivity contribution in [1.82, 2.24) is 4.90 Å². The van der Waals surface area contributed by atoms with E-state index in [0.29, 0.717) is 30.6 Å². The highest BCUT2D eigenvalue weighted by molar-refractivity contribution is 5.99. The molecule has 0 radical (unpaired) electrons. The Balaban J connectivity index is 2.12. The standard InChI is InChI=1S/C16H23N3O2/c1-12-13(16(21)19-10-2-3-11-19)6-4-7-14(12)18-15(20)8-5-9-17/h4,6-7H,2-3,5,8-11,17H2,1H3,(H,18,20). The van der Waals surface area contributed by atoms with Gasteiger partial charge < -0.3 is 16.0 Å². The Morgan fingerprint density at radius 3 is 2.67 bits per heavy atom. The average molecular weight is 289 g/mol. The van der Waals surface area contributed by atoms with Gasteiger partial charge in [0.2, 0.25) is 5.91 Å². The molecule has 0 aliphatic carbocycles. The zero-order valence-electron chi connectivity index (χ0n) is 12.5. The van der Waals surface area contributed by atoms with E-state index in [0.717, 1.165) is 31.5 Å². The normalized spacial score (nSPS) is 14.3. The third kappa shape index (κ3) is 3.82. The number of carbonyl (C=O) groups is 2. The number of likely N-dealkylation sites (tertiary alicyclic amines) is 1. The van der Waals surface area contributed by atoms with Crippen molar-refractivity contribution in [2.75, 3.05) is 25.0 Å². The fourth-order valence-corrected chi connectivity index (χ4v) is 2.57. The number of hydrogen-bond donors (Lipinski definition) is 2. The Hall–Kier alpha value is -1.88. The number of hydrogen-bond acceptors (Lipinski definition) is 3. The molecule has 114 valence electrons. The third-order valence-electron chi connectivity index (χ3n) is 3.84. The van der Waals surface area contributed by atoms with Gasteiger partial charge in [0, 0.05) is 30.8 Å². The first kappa shape index (κ1) is 15.5. The van der Waals surface area contributed by atoms with Gasteiger partial charge in [0.05, 0.1) is 0 Å². The SMILES string of the molecule is Cc1c(NC(=O)CCCN)cccc1C(=O)N1CCCC1. The number of carbonyl (C=O) groups excluding carboxylic acids is 2. The van der Waals surface area contributed by atoms with Gasteiger partial charge >= 0.3 is 0 Å². The van der Waals surface area contributed by atoms with Gasteiger partial charge in [-0.3, -0.25) is 9.59 Å². The van der Waals surface area contributed by atoms with Crippen molar-refractivity contribution in [3.63, 3.8) is 0 Å². The number of nitrogens with one attached hydrogen (secondary N) is 1. The summed E-state index contributed by atoms with van der Waals surface area (Å²) in [5.74, 6) is -0.00243. The largest absolute Gasteiger partial charge is 0.339 e. The summed E-state index contributed by atoms with van der Waals surface area (Å²) < 4.78 is 0. The molecule has 0 unspecified atom stereocenters. The van der Waals surface area contributed by atoms with Gasteiger partial charge in [0.15, 0.2) is 0 Å². The minimum atomic E-state index is -0.0608. The Morgan fingerprint density at radius 1 is 1.29 bits per heavy atom. The van der Waals surface area contributed by atoms with Crippen LogP contribution in [0.4, 0.5) is 5.69 Å². The monoisotopic (exact) mass is 289 g/mol. The number of amides is 2. The molecule has 0 saturated carbocycles. The highest BCUT2D eigenvalue weighted by Gasteiger charge is 2.21. The van der Waals surface area contributed by atoms with Crippen molar-refractivity contribution in [2.45, 2.75) is 32.6 Å². The number of rotatable bonds is 5. The summed E-state index contributed by atoms with van der Waals surface area (Å²) in [5.41, 5.74) is 7.62. The second-order valence-electron chi connectivity index (χ2n) is 5.42. The lowest BCUT2D eigenvalue weighted by atomic mass is 10.1. The van der Waals surface area contributed by atoms with Crippen LogP contribution >= 0.6 is 0 Å². The van der Waals surface area contributed by atoms with Crippen LogP contribution in [0.15, 0.2) is 18.2 Å². The quantitative estimate of drug-likeness (QED) is 0.869. The molecule has 5 heteroatoms. The summed E-state index contributed by atoms with van der Waals surface area (Å²) in [6, 6.07) is 5.47. The molecular weight excluding hydrogens is 266 g/mol. The second kappa shape index (κ2) is 7.22. The van der Waals surface area contributed by atoms with Crippen LogP contribution in [0.3, 0.4) is 0 Å². The van der Waals surface area contributed by atoms with E-state index in [9.17, 15) is 9.59 Å². The average Bonchev–Trinajstić information content (AvgIpc) is 3.01. The number of nitrogens with two attached hydrogens (primary N) is 1. The molecule has 5 nitrogen and oxygen atoms in total. The van der Waals surface area contributed by atoms with Crippen LogP contribution in [-0.4, -0.2) is 36.3 Å². The maximum absolute atomic E-state index is 12.5. The predicted octanol–water partition coefficient (Wildman–Crippen LogP) is 1.91. The minimum Gasteiger partial charge on any atom is -0.339 e. The van der Waals surface area contributed by atoms with Gasteiger partial charge in [0.1, 0.15) is 0 Å². The molecule has 1 aromatic carbocycles. The van der Waals surface area contributed by atoms with E-state index in [1.165, 1.54) is 0 Å². The molecule has 0 spiro atoms. The van der Waals surface area contributed by atoms with Crippen molar-refractivity contribution in [3.8, 4) is 0 Å². The first-order valence-electron chi connectivity index (χ1n) is 7.52. The summed E-state index contributed by atoms with van der Waals surface area (Å²) in [6.45, 7) is 4.03. The summed E-state index contributed by atoms with van der Waals surface area (Å²) in [7, 11) is 0. The number of anilines is 1. The molecule has 1 aromatic rings. The molecule has 1 fully saturated rings. The van der Waals surface area contributed by atoms with E-state index >= 15 is 0 Å². The van der Waals surface area contributed by atoms with E-state index < -0.39 is 0 Å². The first-order chi connectivity index (χ1) is 10.1. The maximum Gasteiger partial charge on any atom is 0.254 e. The predicted molar refractivity (Wildman–Crippen MR) is 83.2 cm³/mol. The number of benzene rings is 1. The van der Waals surface area contributed by atoms with Crippen molar-refractivity contribution in [1.29, 1.82) is 0 Å².